The van der Waals surface area contributed by atoms with Crippen LogP contribution in [0.4, 0.5) is 0 Å². The number of amides is 1. The van der Waals surface area contributed by atoms with Gasteiger partial charge in [0, 0.05) is 26.3 Å². The van der Waals surface area contributed by atoms with Crippen molar-refractivity contribution in [2.45, 2.75) is 77.1 Å². The highest BCUT2D eigenvalue weighted by Gasteiger charge is 2.43. The van der Waals surface area contributed by atoms with E-state index in [0.29, 0.717) is 16.6 Å². The fourth-order valence-electron chi connectivity index (χ4n) is 4.14. The molecule has 1 aliphatic rings. The van der Waals surface area contributed by atoms with Crippen LogP contribution in [0.5, 0.6) is 0 Å². The van der Waals surface area contributed by atoms with Crippen molar-refractivity contribution in [3.05, 3.63) is 11.3 Å². The van der Waals surface area contributed by atoms with E-state index >= 15 is 0 Å². The van der Waals surface area contributed by atoms with Gasteiger partial charge in [0.05, 0.1) is 14.2 Å². The van der Waals surface area contributed by atoms with Crippen molar-refractivity contribution >= 4 is 14.0 Å². The minimum atomic E-state index is -1.76. The summed E-state index contributed by atoms with van der Waals surface area (Å²) in [7, 11) is 1.93. The minimum Gasteiger partial charge on any atom is -0.373 e. The van der Waals surface area contributed by atoms with Gasteiger partial charge in [-0.05, 0) is 29.5 Å². The van der Waals surface area contributed by atoms with Gasteiger partial charge in [-0.15, -0.1) is 0 Å². The van der Waals surface area contributed by atoms with Crippen LogP contribution in [0.25, 0.3) is 0 Å². The summed E-state index contributed by atoms with van der Waals surface area (Å²) in [4.78, 5) is 14.5. The summed E-state index contributed by atoms with van der Waals surface area (Å²) in [6.07, 6.45) is 2.03. The highest BCUT2D eigenvalue weighted by atomic mass is 28.3. The quantitative estimate of drug-likeness (QED) is 0.535. The standard InChI is InChI=1S/C18H35NO2Si/c1-13(2)22(14(3)4,15(5)6)12-16(18(20)19(7)8)17-10-9-11-21-17/h12-15,17H,9-11H2,1-8H3/b16-12-. The summed E-state index contributed by atoms with van der Waals surface area (Å²) in [6.45, 7) is 14.8. The van der Waals surface area contributed by atoms with Crippen LogP contribution in [0.2, 0.25) is 16.6 Å². The van der Waals surface area contributed by atoms with E-state index in [4.69, 9.17) is 4.74 Å². The lowest BCUT2D eigenvalue weighted by Gasteiger charge is -2.41. The Morgan fingerprint density at radius 1 is 1.09 bits per heavy atom. The van der Waals surface area contributed by atoms with Crippen LogP contribution in [0, 0.1) is 0 Å². The summed E-state index contributed by atoms with van der Waals surface area (Å²) in [5.41, 5.74) is 5.16. The number of likely N-dealkylation sites (N-methyl/N-ethyl adjacent to an activating group) is 1. The third kappa shape index (κ3) is 3.83. The molecule has 0 aromatic carbocycles. The molecule has 1 saturated heterocycles. The molecule has 0 aliphatic carbocycles. The first-order chi connectivity index (χ1) is 10.1. The normalized spacial score (nSPS) is 20.3. The monoisotopic (exact) mass is 325 g/mol. The Balaban J connectivity index is 3.39. The molecule has 1 amide bonds. The smallest absolute Gasteiger partial charge is 0.251 e. The molecule has 1 fully saturated rings. The zero-order valence-corrected chi connectivity index (χ0v) is 16.8. The Hall–Kier alpha value is -0.613. The Kier molecular flexibility index (Phi) is 6.87. The average molecular weight is 326 g/mol. The van der Waals surface area contributed by atoms with Gasteiger partial charge in [0.2, 0.25) is 0 Å². The topological polar surface area (TPSA) is 29.5 Å². The van der Waals surface area contributed by atoms with E-state index in [9.17, 15) is 4.79 Å². The highest BCUT2D eigenvalue weighted by Crippen LogP contribution is 2.43. The van der Waals surface area contributed by atoms with E-state index in [1.54, 1.807) is 4.90 Å². The summed E-state index contributed by atoms with van der Waals surface area (Å²) in [5.74, 6) is 0.130. The SMILES string of the molecule is CC(C)[Si](/C=C(\C(=O)N(C)C)C1CCCO1)(C(C)C)C(C)C. The van der Waals surface area contributed by atoms with Crippen LogP contribution in [-0.4, -0.2) is 45.7 Å². The Morgan fingerprint density at radius 2 is 1.59 bits per heavy atom. The highest BCUT2D eigenvalue weighted by molar-refractivity contribution is 6.88. The van der Waals surface area contributed by atoms with Crippen LogP contribution >= 0.6 is 0 Å². The van der Waals surface area contributed by atoms with Crippen molar-refractivity contribution in [3.8, 4) is 0 Å². The first-order valence-electron chi connectivity index (χ1n) is 8.70. The number of rotatable bonds is 6. The molecule has 1 heterocycles. The molecule has 0 aromatic heterocycles. The fraction of sp³-hybridized carbons (Fsp3) is 0.833. The molecular formula is C18H35NO2Si. The van der Waals surface area contributed by atoms with Crippen molar-refractivity contribution in [1.82, 2.24) is 4.90 Å². The van der Waals surface area contributed by atoms with Gasteiger partial charge in [-0.2, -0.15) is 0 Å². The van der Waals surface area contributed by atoms with E-state index in [2.05, 4.69) is 47.2 Å². The largest absolute Gasteiger partial charge is 0.373 e. The summed E-state index contributed by atoms with van der Waals surface area (Å²) in [5, 5.41) is 0. The van der Waals surface area contributed by atoms with Crippen LogP contribution in [0.1, 0.15) is 54.4 Å². The zero-order valence-electron chi connectivity index (χ0n) is 15.8. The van der Waals surface area contributed by atoms with Gasteiger partial charge < -0.3 is 9.64 Å². The zero-order chi connectivity index (χ0) is 17.1. The number of nitrogens with zero attached hydrogens (tertiary/aromatic N) is 1. The van der Waals surface area contributed by atoms with Crippen molar-refractivity contribution in [1.29, 1.82) is 0 Å². The van der Waals surface area contributed by atoms with E-state index in [-0.39, 0.29) is 12.0 Å². The van der Waals surface area contributed by atoms with Crippen molar-refractivity contribution < 1.29 is 9.53 Å². The summed E-state index contributed by atoms with van der Waals surface area (Å²) in [6, 6.07) is 0. The Morgan fingerprint density at radius 3 is 1.91 bits per heavy atom. The van der Waals surface area contributed by atoms with Crippen LogP contribution in [0.15, 0.2) is 11.3 Å². The predicted octanol–water partition coefficient (Wildman–Crippen LogP) is 4.40. The maximum Gasteiger partial charge on any atom is 0.251 e. The van der Waals surface area contributed by atoms with Crippen LogP contribution in [0.3, 0.4) is 0 Å². The third-order valence-corrected chi connectivity index (χ3v) is 12.1. The van der Waals surface area contributed by atoms with Gasteiger partial charge in [0.1, 0.15) is 0 Å². The molecule has 0 saturated carbocycles. The molecule has 1 rings (SSSR count). The average Bonchev–Trinajstić information content (AvgIpc) is 2.91. The molecule has 0 N–H and O–H groups in total. The van der Waals surface area contributed by atoms with Crippen LogP contribution < -0.4 is 0 Å². The van der Waals surface area contributed by atoms with Gasteiger partial charge in [-0.3, -0.25) is 4.79 Å². The Labute approximate surface area is 138 Å². The lowest BCUT2D eigenvalue weighted by molar-refractivity contribution is -0.125. The number of hydrogen-bond donors (Lipinski definition) is 0. The number of carbonyl (C=O) groups excluding carboxylic acids is 1. The van der Waals surface area contributed by atoms with E-state index in [1.807, 2.05) is 14.1 Å². The molecule has 22 heavy (non-hydrogen) atoms. The van der Waals surface area contributed by atoms with Gasteiger partial charge in [0.25, 0.3) is 5.91 Å². The summed E-state index contributed by atoms with van der Waals surface area (Å²) < 4.78 is 5.88. The molecule has 0 spiro atoms. The molecule has 0 radical (unpaired) electrons. The van der Waals surface area contributed by atoms with Gasteiger partial charge >= 0.3 is 0 Å². The predicted molar refractivity (Wildman–Crippen MR) is 96.8 cm³/mol. The molecule has 1 unspecified atom stereocenters. The lowest BCUT2D eigenvalue weighted by Crippen LogP contribution is -2.45. The van der Waals surface area contributed by atoms with Gasteiger partial charge in [-0.1, -0.05) is 47.2 Å². The summed E-state index contributed by atoms with van der Waals surface area (Å²) >= 11 is 0. The van der Waals surface area contributed by atoms with E-state index in [0.717, 1.165) is 25.0 Å². The molecule has 1 atom stereocenters. The first kappa shape index (κ1) is 19.4. The lowest BCUT2D eigenvalue weighted by atomic mass is 10.1. The second-order valence-electron chi connectivity index (χ2n) is 7.77. The molecule has 0 bridgehead atoms. The van der Waals surface area contributed by atoms with E-state index in [1.165, 1.54) is 0 Å². The number of ether oxygens (including phenoxy) is 1. The Bertz CT molecular complexity index is 386. The molecule has 3 nitrogen and oxygen atoms in total. The fourth-order valence-corrected chi connectivity index (χ4v) is 9.99. The van der Waals surface area contributed by atoms with Crippen molar-refractivity contribution in [2.24, 2.45) is 0 Å². The molecule has 0 aromatic rings. The van der Waals surface area contributed by atoms with Crippen molar-refractivity contribution in [3.63, 3.8) is 0 Å². The van der Waals surface area contributed by atoms with Gasteiger partial charge in [-0.25, -0.2) is 0 Å². The third-order valence-electron chi connectivity index (χ3n) is 5.34. The molecule has 1 aliphatic heterocycles. The number of carbonyl (C=O) groups is 1. The van der Waals surface area contributed by atoms with E-state index < -0.39 is 8.07 Å². The first-order valence-corrected chi connectivity index (χ1v) is 11.0. The molecule has 4 heteroatoms. The maximum atomic E-state index is 12.8. The second-order valence-corrected chi connectivity index (χ2v) is 13.5. The second kappa shape index (κ2) is 7.78. The maximum absolute atomic E-state index is 12.8. The minimum absolute atomic E-state index is 0.00183. The van der Waals surface area contributed by atoms with Crippen LogP contribution in [-0.2, 0) is 9.53 Å². The van der Waals surface area contributed by atoms with Gasteiger partial charge in [0.15, 0.2) is 0 Å². The molecule has 128 valence electrons. The number of hydrogen-bond acceptors (Lipinski definition) is 2. The molecular weight excluding hydrogens is 290 g/mol. The van der Waals surface area contributed by atoms with Crippen molar-refractivity contribution in [2.75, 3.05) is 20.7 Å².